The van der Waals surface area contributed by atoms with E-state index in [1.165, 1.54) is 25.7 Å². The molecule has 1 rings (SSSR count). The monoisotopic (exact) mass is 250 g/mol. The Morgan fingerprint density at radius 1 is 1.11 bits per heavy atom. The Morgan fingerprint density at radius 2 is 1.67 bits per heavy atom. The molecule has 1 unspecified atom stereocenters. The number of para-hydroxylation sites is 1. The molecule has 0 aliphatic carbocycles. The predicted molar refractivity (Wildman–Crippen MR) is 80.9 cm³/mol. The van der Waals surface area contributed by atoms with Crippen LogP contribution in [-0.2, 0) is 0 Å². The van der Waals surface area contributed by atoms with Gasteiger partial charge in [-0.1, -0.05) is 72.1 Å². The van der Waals surface area contributed by atoms with E-state index in [0.29, 0.717) is 11.2 Å². The van der Waals surface area contributed by atoms with E-state index in [0.717, 1.165) is 5.92 Å². The van der Waals surface area contributed by atoms with E-state index in [-0.39, 0.29) is 0 Å². The molecular weight excluding hydrogens is 220 g/mol. The van der Waals surface area contributed by atoms with Crippen molar-refractivity contribution in [3.05, 3.63) is 30.3 Å². The highest BCUT2D eigenvalue weighted by Gasteiger charge is 2.09. The standard InChI is InChI=1S/C11H24.C6H6O/c1-6-10(2)8-7-9-11(3,4)5;7-6-4-2-1-3-5-6/h10H,6-9H2,1-5H3;1-5,7H. The number of aromatic hydroxyl groups is 1. The highest BCUT2D eigenvalue weighted by Crippen LogP contribution is 2.23. The molecule has 0 aliphatic rings. The molecule has 0 bridgehead atoms. The fourth-order valence-electron chi connectivity index (χ4n) is 1.61. The summed E-state index contributed by atoms with van der Waals surface area (Å²) < 4.78 is 0. The maximum absolute atomic E-state index is 8.63. The molecular formula is C17H30O. The number of benzene rings is 1. The van der Waals surface area contributed by atoms with E-state index < -0.39 is 0 Å². The van der Waals surface area contributed by atoms with Crippen LogP contribution in [0.2, 0.25) is 0 Å². The molecule has 104 valence electrons. The van der Waals surface area contributed by atoms with Crippen LogP contribution in [0.15, 0.2) is 30.3 Å². The van der Waals surface area contributed by atoms with Gasteiger partial charge >= 0.3 is 0 Å². The third-order valence-electron chi connectivity index (χ3n) is 3.08. The minimum absolute atomic E-state index is 0.322. The molecule has 0 spiro atoms. The van der Waals surface area contributed by atoms with Gasteiger partial charge < -0.3 is 5.11 Å². The molecule has 0 fully saturated rings. The summed E-state index contributed by atoms with van der Waals surface area (Å²) in [5, 5.41) is 8.63. The zero-order valence-corrected chi connectivity index (χ0v) is 12.7. The van der Waals surface area contributed by atoms with Crippen molar-refractivity contribution in [3.8, 4) is 5.75 Å². The van der Waals surface area contributed by atoms with Crippen LogP contribution in [0.4, 0.5) is 0 Å². The second-order valence-corrected chi connectivity index (χ2v) is 6.30. The van der Waals surface area contributed by atoms with Crippen LogP contribution >= 0.6 is 0 Å². The summed E-state index contributed by atoms with van der Waals surface area (Å²) in [6.07, 6.45) is 5.52. The fourth-order valence-corrected chi connectivity index (χ4v) is 1.61. The summed E-state index contributed by atoms with van der Waals surface area (Å²) in [6, 6.07) is 8.71. The fraction of sp³-hybridized carbons (Fsp3) is 0.647. The SMILES string of the molecule is CCC(C)CCCC(C)(C)C.Oc1ccccc1. The number of phenols is 1. The molecule has 0 saturated carbocycles. The van der Waals surface area contributed by atoms with Crippen molar-refractivity contribution < 1.29 is 5.11 Å². The largest absolute Gasteiger partial charge is 0.508 e. The molecule has 0 aliphatic heterocycles. The second-order valence-electron chi connectivity index (χ2n) is 6.30. The molecule has 1 aromatic carbocycles. The van der Waals surface area contributed by atoms with Crippen molar-refractivity contribution >= 4 is 0 Å². The molecule has 1 nitrogen and oxygen atoms in total. The maximum atomic E-state index is 8.63. The van der Waals surface area contributed by atoms with Crippen LogP contribution in [0.1, 0.15) is 60.3 Å². The Kier molecular flexibility index (Phi) is 8.53. The first-order chi connectivity index (χ1) is 8.35. The normalized spacial score (nSPS) is 12.5. The van der Waals surface area contributed by atoms with Crippen molar-refractivity contribution in [1.29, 1.82) is 0 Å². The molecule has 18 heavy (non-hydrogen) atoms. The van der Waals surface area contributed by atoms with Gasteiger partial charge in [-0.15, -0.1) is 0 Å². The Hall–Kier alpha value is -0.980. The van der Waals surface area contributed by atoms with E-state index in [9.17, 15) is 0 Å². The van der Waals surface area contributed by atoms with Crippen molar-refractivity contribution in [1.82, 2.24) is 0 Å². The van der Waals surface area contributed by atoms with Crippen molar-refractivity contribution in [2.45, 2.75) is 60.3 Å². The number of hydrogen-bond donors (Lipinski definition) is 1. The Balaban J connectivity index is 0.000000351. The zero-order chi connectivity index (χ0) is 14.0. The first-order valence-corrected chi connectivity index (χ1v) is 7.09. The summed E-state index contributed by atoms with van der Waals surface area (Å²) >= 11 is 0. The Bertz CT molecular complexity index is 284. The highest BCUT2D eigenvalue weighted by atomic mass is 16.3. The molecule has 0 amide bonds. The van der Waals surface area contributed by atoms with Crippen LogP contribution in [0, 0.1) is 11.3 Å². The Labute approximate surface area is 113 Å². The number of rotatable bonds is 4. The van der Waals surface area contributed by atoms with E-state index in [2.05, 4.69) is 34.6 Å². The van der Waals surface area contributed by atoms with Gasteiger partial charge in [0.15, 0.2) is 0 Å². The summed E-state index contributed by atoms with van der Waals surface area (Å²) in [4.78, 5) is 0. The Morgan fingerprint density at radius 3 is 2.00 bits per heavy atom. The summed E-state index contributed by atoms with van der Waals surface area (Å²) in [6.45, 7) is 11.6. The summed E-state index contributed by atoms with van der Waals surface area (Å²) in [7, 11) is 0. The van der Waals surface area contributed by atoms with Crippen LogP contribution < -0.4 is 0 Å². The van der Waals surface area contributed by atoms with Gasteiger partial charge in [-0.2, -0.15) is 0 Å². The van der Waals surface area contributed by atoms with Crippen LogP contribution in [-0.4, -0.2) is 5.11 Å². The molecule has 1 aromatic rings. The van der Waals surface area contributed by atoms with Gasteiger partial charge in [0.05, 0.1) is 0 Å². The lowest BCUT2D eigenvalue weighted by atomic mass is 9.88. The van der Waals surface area contributed by atoms with Crippen molar-refractivity contribution in [3.63, 3.8) is 0 Å². The molecule has 0 heterocycles. The predicted octanol–water partition coefficient (Wildman–Crippen LogP) is 5.64. The quantitative estimate of drug-likeness (QED) is 0.733. The minimum Gasteiger partial charge on any atom is -0.508 e. The number of phenolic OH excluding ortho intramolecular Hbond substituents is 1. The third-order valence-corrected chi connectivity index (χ3v) is 3.08. The lowest BCUT2D eigenvalue weighted by molar-refractivity contribution is 0.341. The lowest BCUT2D eigenvalue weighted by Gasteiger charge is -2.18. The third kappa shape index (κ3) is 11.5. The van der Waals surface area contributed by atoms with Crippen LogP contribution in [0.5, 0.6) is 5.75 Å². The van der Waals surface area contributed by atoms with Crippen molar-refractivity contribution in [2.75, 3.05) is 0 Å². The maximum Gasteiger partial charge on any atom is 0.115 e. The van der Waals surface area contributed by atoms with Gasteiger partial charge in [0, 0.05) is 0 Å². The van der Waals surface area contributed by atoms with Gasteiger partial charge in [0.25, 0.3) is 0 Å². The topological polar surface area (TPSA) is 20.2 Å². The average Bonchev–Trinajstić information content (AvgIpc) is 2.29. The second kappa shape index (κ2) is 9.02. The zero-order valence-electron chi connectivity index (χ0n) is 12.7. The minimum atomic E-state index is 0.322. The first-order valence-electron chi connectivity index (χ1n) is 7.09. The summed E-state index contributed by atoms with van der Waals surface area (Å²) in [5.74, 6) is 1.25. The molecule has 1 N–H and O–H groups in total. The lowest BCUT2D eigenvalue weighted by Crippen LogP contribution is -2.05. The first kappa shape index (κ1) is 17.0. The molecule has 0 aromatic heterocycles. The molecule has 0 saturated heterocycles. The van der Waals surface area contributed by atoms with Gasteiger partial charge in [-0.25, -0.2) is 0 Å². The van der Waals surface area contributed by atoms with E-state index >= 15 is 0 Å². The van der Waals surface area contributed by atoms with Gasteiger partial charge in [0.2, 0.25) is 0 Å². The van der Waals surface area contributed by atoms with E-state index in [1.807, 2.05) is 6.07 Å². The smallest absolute Gasteiger partial charge is 0.115 e. The van der Waals surface area contributed by atoms with Crippen LogP contribution in [0.25, 0.3) is 0 Å². The van der Waals surface area contributed by atoms with E-state index in [1.54, 1.807) is 24.3 Å². The molecule has 1 atom stereocenters. The number of hydrogen-bond acceptors (Lipinski definition) is 1. The molecule has 0 radical (unpaired) electrons. The summed E-state index contributed by atoms with van der Waals surface area (Å²) in [5.41, 5.74) is 0.535. The average molecular weight is 250 g/mol. The molecule has 1 heteroatoms. The van der Waals surface area contributed by atoms with Crippen molar-refractivity contribution in [2.24, 2.45) is 11.3 Å². The van der Waals surface area contributed by atoms with Gasteiger partial charge in [-0.05, 0) is 29.9 Å². The van der Waals surface area contributed by atoms with E-state index in [4.69, 9.17) is 5.11 Å². The van der Waals surface area contributed by atoms with Crippen LogP contribution in [0.3, 0.4) is 0 Å². The van der Waals surface area contributed by atoms with Gasteiger partial charge in [0.1, 0.15) is 5.75 Å². The highest BCUT2D eigenvalue weighted by molar-refractivity contribution is 5.18. The van der Waals surface area contributed by atoms with Gasteiger partial charge in [-0.3, -0.25) is 0 Å².